The molecule has 0 radical (unpaired) electrons. The van der Waals surface area contributed by atoms with Gasteiger partial charge in [0.15, 0.2) is 6.23 Å². The number of hydrogen-bond donors (Lipinski definition) is 0. The summed E-state index contributed by atoms with van der Waals surface area (Å²) >= 11 is 0. The van der Waals surface area contributed by atoms with Crippen LogP contribution in [0, 0.1) is 11.3 Å². The smallest absolute Gasteiger partial charge is 0.264 e. The Bertz CT molecular complexity index is 1560. The first-order chi connectivity index (χ1) is 20.7. The molecule has 44 heavy (non-hydrogen) atoms. The zero-order valence-corrected chi connectivity index (χ0v) is 28.8. The van der Waals surface area contributed by atoms with Crippen molar-refractivity contribution in [1.29, 1.82) is 5.26 Å². The minimum atomic E-state index is -3.52. The van der Waals surface area contributed by atoms with Crippen LogP contribution in [0.2, 0.25) is 18.1 Å². The van der Waals surface area contributed by atoms with Crippen LogP contribution in [0.4, 0.5) is 0 Å². The Labute approximate surface area is 262 Å². The van der Waals surface area contributed by atoms with Gasteiger partial charge in [-0.1, -0.05) is 20.8 Å². The third-order valence-electron chi connectivity index (χ3n) is 8.11. The van der Waals surface area contributed by atoms with Crippen LogP contribution in [0.15, 0.2) is 30.5 Å². The van der Waals surface area contributed by atoms with Crippen molar-refractivity contribution >= 4 is 29.3 Å². The number of aromatic nitrogens is 3. The van der Waals surface area contributed by atoms with E-state index in [0.717, 1.165) is 53.4 Å². The van der Waals surface area contributed by atoms with Crippen molar-refractivity contribution in [1.82, 2.24) is 14.3 Å². The van der Waals surface area contributed by atoms with Gasteiger partial charge >= 0.3 is 0 Å². The molecule has 0 N–H and O–H groups in total. The average Bonchev–Trinajstić information content (AvgIpc) is 3.52. The van der Waals surface area contributed by atoms with Crippen LogP contribution in [0.1, 0.15) is 58.9 Å². The molecule has 1 fully saturated rings. The second-order valence-corrected chi connectivity index (χ2v) is 19.2. The lowest BCUT2D eigenvalue weighted by Gasteiger charge is -2.36. The Hall–Kier alpha value is -2.73. The van der Waals surface area contributed by atoms with E-state index in [1.54, 1.807) is 6.92 Å². The van der Waals surface area contributed by atoms with Crippen molar-refractivity contribution in [3.8, 4) is 23.1 Å². The number of benzene rings is 1. The Morgan fingerprint density at radius 2 is 1.91 bits per heavy atom. The lowest BCUT2D eigenvalue weighted by molar-refractivity contribution is -0.0365. The fraction of sp³-hybridized carbons (Fsp3) is 0.613. The van der Waals surface area contributed by atoms with Crippen molar-refractivity contribution in [3.05, 3.63) is 36.2 Å². The third-order valence-corrected chi connectivity index (χ3v) is 13.1. The molecular formula is C31H46N4O7SSi. The Morgan fingerprint density at radius 1 is 1.16 bits per heavy atom. The monoisotopic (exact) mass is 646 g/mol. The molecule has 2 aromatic heterocycles. The van der Waals surface area contributed by atoms with Gasteiger partial charge < -0.3 is 23.2 Å². The van der Waals surface area contributed by atoms with E-state index in [2.05, 4.69) is 52.1 Å². The number of nitriles is 1. The van der Waals surface area contributed by atoms with Crippen LogP contribution in [0.3, 0.4) is 0 Å². The molecule has 2 atom stereocenters. The second kappa shape index (κ2) is 14.1. The maximum absolute atomic E-state index is 11.2. The van der Waals surface area contributed by atoms with Crippen molar-refractivity contribution in [2.24, 2.45) is 0 Å². The highest BCUT2D eigenvalue weighted by Crippen LogP contribution is 2.40. The van der Waals surface area contributed by atoms with Gasteiger partial charge in [-0.15, -0.1) is 0 Å². The average molecular weight is 647 g/mol. The van der Waals surface area contributed by atoms with Crippen molar-refractivity contribution in [3.63, 3.8) is 0 Å². The summed E-state index contributed by atoms with van der Waals surface area (Å²) < 4.78 is 55.0. The number of fused-ring (bicyclic) bond motifs is 1. The molecule has 3 aromatic rings. The van der Waals surface area contributed by atoms with E-state index < -0.39 is 24.5 Å². The van der Waals surface area contributed by atoms with Crippen molar-refractivity contribution in [2.45, 2.75) is 84.0 Å². The summed E-state index contributed by atoms with van der Waals surface area (Å²) in [6.07, 6.45) is 5.27. The Morgan fingerprint density at radius 3 is 2.57 bits per heavy atom. The SMILES string of the molecule is C[C@@H](COCCOCCn1cc(-c2nn(C3CCCCO3)c3ccc(O[Si](C)(C)C(C)(C)C)cc23)cc1C#N)OS(C)(=O)=O. The topological polar surface area (TPSA) is 127 Å². The number of ether oxygens (including phenoxy) is 3. The van der Waals surface area contributed by atoms with Crippen molar-refractivity contribution in [2.75, 3.05) is 39.3 Å². The van der Waals surface area contributed by atoms with E-state index in [4.69, 9.17) is 27.9 Å². The van der Waals surface area contributed by atoms with E-state index in [0.29, 0.717) is 38.7 Å². The van der Waals surface area contributed by atoms with Gasteiger partial charge in [-0.05, 0) is 68.6 Å². The summed E-state index contributed by atoms with van der Waals surface area (Å²) in [5, 5.41) is 16.0. The summed E-state index contributed by atoms with van der Waals surface area (Å²) in [6, 6.07) is 10.3. The molecular weight excluding hydrogens is 601 g/mol. The van der Waals surface area contributed by atoms with Gasteiger partial charge in [0.05, 0.1) is 44.3 Å². The first kappa shape index (κ1) is 34.1. The van der Waals surface area contributed by atoms with Gasteiger partial charge in [-0.25, -0.2) is 4.68 Å². The minimum Gasteiger partial charge on any atom is -0.543 e. The number of rotatable bonds is 14. The number of nitrogens with zero attached hydrogens (tertiary/aromatic N) is 4. The van der Waals surface area contributed by atoms with Crippen LogP contribution in [-0.4, -0.2) is 76.5 Å². The molecule has 0 saturated carbocycles. The molecule has 11 nitrogen and oxygen atoms in total. The molecule has 0 spiro atoms. The molecule has 3 heterocycles. The van der Waals surface area contributed by atoms with Crippen LogP contribution < -0.4 is 4.43 Å². The van der Waals surface area contributed by atoms with Gasteiger partial charge in [0, 0.05) is 30.3 Å². The lowest BCUT2D eigenvalue weighted by atomic mass is 10.1. The van der Waals surface area contributed by atoms with Gasteiger partial charge in [0.2, 0.25) is 8.32 Å². The second-order valence-electron chi connectivity index (χ2n) is 12.9. The summed E-state index contributed by atoms with van der Waals surface area (Å²) in [7, 11) is -5.58. The molecule has 1 unspecified atom stereocenters. The van der Waals surface area contributed by atoms with Crippen LogP contribution in [-0.2, 0) is 35.1 Å². The number of hydrogen-bond acceptors (Lipinski definition) is 9. The molecule has 1 saturated heterocycles. The summed E-state index contributed by atoms with van der Waals surface area (Å²) in [6.45, 7) is 15.1. The fourth-order valence-electron chi connectivity index (χ4n) is 4.85. The van der Waals surface area contributed by atoms with E-state index in [-0.39, 0.29) is 17.9 Å². The Balaban J connectivity index is 1.50. The predicted molar refractivity (Wildman–Crippen MR) is 172 cm³/mol. The summed E-state index contributed by atoms with van der Waals surface area (Å²) in [5.41, 5.74) is 3.11. The molecule has 1 aromatic carbocycles. The zero-order valence-electron chi connectivity index (χ0n) is 27.0. The fourth-order valence-corrected chi connectivity index (χ4v) is 6.53. The van der Waals surface area contributed by atoms with Crippen LogP contribution in [0.25, 0.3) is 22.2 Å². The molecule has 0 bridgehead atoms. The molecule has 0 aliphatic carbocycles. The van der Waals surface area contributed by atoms with Crippen molar-refractivity contribution < 1.29 is 31.2 Å². The van der Waals surface area contributed by atoms with E-state index in [1.807, 2.05) is 27.6 Å². The lowest BCUT2D eigenvalue weighted by Crippen LogP contribution is -2.43. The van der Waals surface area contributed by atoms with E-state index in [1.165, 1.54) is 0 Å². The third kappa shape index (κ3) is 8.71. The molecule has 13 heteroatoms. The van der Waals surface area contributed by atoms with E-state index >= 15 is 0 Å². The molecule has 0 amide bonds. The minimum absolute atomic E-state index is 0.0586. The quantitative estimate of drug-likeness (QED) is 0.120. The van der Waals surface area contributed by atoms with Gasteiger partial charge in [0.25, 0.3) is 10.1 Å². The summed E-state index contributed by atoms with van der Waals surface area (Å²) in [5.74, 6) is 0.822. The zero-order chi connectivity index (χ0) is 32.1. The maximum Gasteiger partial charge on any atom is 0.264 e. The first-order valence-corrected chi connectivity index (χ1v) is 19.9. The van der Waals surface area contributed by atoms with Crippen LogP contribution in [0.5, 0.6) is 5.75 Å². The predicted octanol–water partition coefficient (Wildman–Crippen LogP) is 5.86. The standard InChI is InChI=1S/C31H46N4O7SSi/c1-23(41-43(5,36)37)22-39-17-16-38-15-13-34-21-24(18-25(34)20-32)30-27-19-26(42-44(6,7)31(2,3)4)11-12-28(27)35(33-30)29-10-8-9-14-40-29/h11-12,18-19,21,23,29H,8-10,13-17,22H2,1-7H3/t23-,29?/m0/s1. The molecule has 4 rings (SSSR count). The highest BCUT2D eigenvalue weighted by Gasteiger charge is 2.39. The van der Waals surface area contributed by atoms with Crippen LogP contribution >= 0.6 is 0 Å². The molecule has 1 aliphatic heterocycles. The largest absolute Gasteiger partial charge is 0.543 e. The molecule has 1 aliphatic rings. The van der Waals surface area contributed by atoms with E-state index in [9.17, 15) is 13.7 Å². The van der Waals surface area contributed by atoms with Gasteiger partial charge in [-0.3, -0.25) is 4.18 Å². The Kier molecular flexibility index (Phi) is 11.0. The first-order valence-electron chi connectivity index (χ1n) is 15.2. The van der Waals surface area contributed by atoms with Gasteiger partial charge in [-0.2, -0.15) is 18.8 Å². The highest BCUT2D eigenvalue weighted by atomic mass is 32.2. The summed E-state index contributed by atoms with van der Waals surface area (Å²) in [4.78, 5) is 0. The molecule has 242 valence electrons. The highest BCUT2D eigenvalue weighted by molar-refractivity contribution is 7.86. The van der Waals surface area contributed by atoms with Gasteiger partial charge in [0.1, 0.15) is 23.2 Å². The maximum atomic E-state index is 11.2. The normalized spacial score (nSPS) is 17.1.